The Morgan fingerprint density at radius 3 is 2.64 bits per heavy atom. The summed E-state index contributed by atoms with van der Waals surface area (Å²) in [7, 11) is 0. The SMILES string of the molecule is CC1=CC(=O)CC(C)(C)[C@]1(O)/C=C/C(C)=C\C(=O)N[C@@H](Cc1c[nH]c2ccccc12)C(=O)O. The number of aliphatic hydroxyl groups is 1. The molecule has 1 aliphatic carbocycles. The first kappa shape index (κ1) is 24.2. The fraction of sp³-hybridized carbons (Fsp3) is 0.346. The number of benzene rings is 1. The maximum Gasteiger partial charge on any atom is 0.326 e. The number of rotatable bonds is 7. The summed E-state index contributed by atoms with van der Waals surface area (Å²) in [6.07, 6.45) is 8.05. The van der Waals surface area contributed by atoms with Gasteiger partial charge in [-0.25, -0.2) is 4.79 Å². The highest BCUT2D eigenvalue weighted by atomic mass is 16.4. The highest BCUT2D eigenvalue weighted by Crippen LogP contribution is 2.44. The van der Waals surface area contributed by atoms with Crippen LogP contribution in [0.3, 0.4) is 0 Å². The minimum Gasteiger partial charge on any atom is -0.480 e. The molecule has 0 unspecified atom stereocenters. The summed E-state index contributed by atoms with van der Waals surface area (Å²) < 4.78 is 0. The van der Waals surface area contributed by atoms with Gasteiger partial charge in [-0.15, -0.1) is 0 Å². The van der Waals surface area contributed by atoms with E-state index in [0.29, 0.717) is 11.1 Å². The number of carboxylic acid groups (broad SMARTS) is 1. The van der Waals surface area contributed by atoms with Crippen LogP contribution in [-0.2, 0) is 20.8 Å². The molecule has 1 aromatic heterocycles. The summed E-state index contributed by atoms with van der Waals surface area (Å²) in [5.41, 5.74) is 0.761. The van der Waals surface area contributed by atoms with Crippen molar-refractivity contribution >= 4 is 28.6 Å². The lowest BCUT2D eigenvalue weighted by Crippen LogP contribution is -2.48. The molecule has 3 rings (SSSR count). The number of carboxylic acids is 1. The van der Waals surface area contributed by atoms with E-state index in [0.717, 1.165) is 16.5 Å². The van der Waals surface area contributed by atoms with Gasteiger partial charge in [0.15, 0.2) is 5.78 Å². The summed E-state index contributed by atoms with van der Waals surface area (Å²) in [4.78, 5) is 39.3. The van der Waals surface area contributed by atoms with E-state index >= 15 is 0 Å². The largest absolute Gasteiger partial charge is 0.480 e. The van der Waals surface area contributed by atoms with Crippen molar-refractivity contribution < 1.29 is 24.6 Å². The Balaban J connectivity index is 1.73. The van der Waals surface area contributed by atoms with Gasteiger partial charge in [0.05, 0.1) is 0 Å². The summed E-state index contributed by atoms with van der Waals surface area (Å²) in [6, 6.07) is 6.47. The molecule has 174 valence electrons. The summed E-state index contributed by atoms with van der Waals surface area (Å²) in [5.74, 6) is -1.70. The molecule has 1 amide bonds. The zero-order valence-electron chi connectivity index (χ0n) is 19.3. The number of allylic oxidation sites excluding steroid dienone is 3. The summed E-state index contributed by atoms with van der Waals surface area (Å²) in [6.45, 7) is 7.03. The Hall–Kier alpha value is -3.45. The number of carbonyl (C=O) groups is 3. The first-order chi connectivity index (χ1) is 15.4. The monoisotopic (exact) mass is 450 g/mol. The average molecular weight is 451 g/mol. The van der Waals surface area contributed by atoms with Crippen molar-refractivity contribution in [3.63, 3.8) is 0 Å². The first-order valence-electron chi connectivity index (χ1n) is 10.8. The van der Waals surface area contributed by atoms with Gasteiger partial charge < -0.3 is 20.5 Å². The van der Waals surface area contributed by atoms with Gasteiger partial charge in [0.1, 0.15) is 11.6 Å². The molecule has 1 aliphatic rings. The normalized spacial score (nSPS) is 21.8. The number of aromatic nitrogens is 1. The smallest absolute Gasteiger partial charge is 0.326 e. The number of H-pyrrole nitrogens is 1. The third-order valence-electron chi connectivity index (χ3n) is 6.29. The number of ketones is 1. The molecule has 0 saturated carbocycles. The van der Waals surface area contributed by atoms with E-state index < -0.39 is 28.9 Å². The van der Waals surface area contributed by atoms with Crippen LogP contribution in [0.1, 0.15) is 39.7 Å². The molecule has 0 fully saturated rings. The van der Waals surface area contributed by atoms with E-state index in [4.69, 9.17) is 0 Å². The Morgan fingerprint density at radius 1 is 1.27 bits per heavy atom. The number of carbonyl (C=O) groups excluding carboxylic acids is 2. The third kappa shape index (κ3) is 5.14. The highest BCUT2D eigenvalue weighted by molar-refractivity contribution is 5.93. The number of hydrogen-bond acceptors (Lipinski definition) is 4. The van der Waals surface area contributed by atoms with Crippen molar-refractivity contribution in [2.45, 2.75) is 52.2 Å². The van der Waals surface area contributed by atoms with Crippen molar-refractivity contribution in [3.05, 3.63) is 71.5 Å². The van der Waals surface area contributed by atoms with Crippen LogP contribution in [0.25, 0.3) is 10.9 Å². The van der Waals surface area contributed by atoms with E-state index in [2.05, 4.69) is 10.3 Å². The van der Waals surface area contributed by atoms with Crippen LogP contribution in [0.2, 0.25) is 0 Å². The lowest BCUT2D eigenvalue weighted by Gasteiger charge is -2.44. The quantitative estimate of drug-likeness (QED) is 0.380. The summed E-state index contributed by atoms with van der Waals surface area (Å²) in [5, 5.41) is 24.3. The van der Waals surface area contributed by atoms with Gasteiger partial charge in [0.2, 0.25) is 5.91 Å². The molecule has 2 aromatic rings. The van der Waals surface area contributed by atoms with Crippen molar-refractivity contribution in [1.29, 1.82) is 0 Å². The number of hydrogen-bond donors (Lipinski definition) is 4. The second-order valence-corrected chi connectivity index (χ2v) is 9.31. The standard InChI is InChI=1S/C26H30N2O5/c1-16(9-10-26(33)17(2)12-19(29)14-25(26,3)4)11-23(30)28-22(24(31)32)13-18-15-27-21-8-6-5-7-20(18)21/h5-12,15,22,27,33H,13-14H2,1-4H3,(H,28,30)(H,31,32)/b10-9+,16-11-/t22-,26-/m0/s1. The molecule has 7 nitrogen and oxygen atoms in total. The molecule has 2 atom stereocenters. The predicted molar refractivity (Wildman–Crippen MR) is 127 cm³/mol. The fourth-order valence-corrected chi connectivity index (χ4v) is 4.30. The molecule has 0 bridgehead atoms. The molecular weight excluding hydrogens is 420 g/mol. The van der Waals surface area contributed by atoms with Gasteiger partial charge in [-0.1, -0.05) is 38.1 Å². The molecular formula is C26H30N2O5. The Labute approximate surface area is 192 Å². The molecule has 0 saturated heterocycles. The lowest BCUT2D eigenvalue weighted by molar-refractivity contribution is -0.141. The van der Waals surface area contributed by atoms with E-state index in [-0.39, 0.29) is 18.6 Å². The topological polar surface area (TPSA) is 119 Å². The fourth-order valence-electron chi connectivity index (χ4n) is 4.30. The lowest BCUT2D eigenvalue weighted by atomic mass is 9.64. The van der Waals surface area contributed by atoms with E-state index in [1.54, 1.807) is 32.2 Å². The van der Waals surface area contributed by atoms with Crippen molar-refractivity contribution in [3.8, 4) is 0 Å². The van der Waals surface area contributed by atoms with E-state index in [1.807, 2.05) is 38.1 Å². The second-order valence-electron chi connectivity index (χ2n) is 9.31. The van der Waals surface area contributed by atoms with E-state index in [1.165, 1.54) is 12.2 Å². The van der Waals surface area contributed by atoms with Gasteiger partial charge in [0, 0.05) is 41.4 Å². The molecule has 33 heavy (non-hydrogen) atoms. The Kier molecular flexibility index (Phi) is 6.74. The maximum absolute atomic E-state index is 12.5. The first-order valence-corrected chi connectivity index (χ1v) is 10.8. The number of para-hydroxylation sites is 1. The third-order valence-corrected chi connectivity index (χ3v) is 6.29. The van der Waals surface area contributed by atoms with Gasteiger partial charge in [0.25, 0.3) is 0 Å². The molecule has 0 aliphatic heterocycles. The van der Waals surface area contributed by atoms with Crippen molar-refractivity contribution in [1.82, 2.24) is 10.3 Å². The predicted octanol–water partition coefficient (Wildman–Crippen LogP) is 3.46. The molecule has 7 heteroatoms. The number of nitrogens with one attached hydrogen (secondary N) is 2. The van der Waals surface area contributed by atoms with E-state index in [9.17, 15) is 24.6 Å². The van der Waals surface area contributed by atoms with Crippen molar-refractivity contribution in [2.24, 2.45) is 5.41 Å². The molecule has 1 heterocycles. The number of aromatic amines is 1. The maximum atomic E-state index is 12.5. The molecule has 0 radical (unpaired) electrons. The Bertz CT molecular complexity index is 1180. The van der Waals surface area contributed by atoms with Gasteiger partial charge in [-0.05, 0) is 48.8 Å². The number of amides is 1. The molecule has 4 N–H and O–H groups in total. The molecule has 0 spiro atoms. The van der Waals surface area contributed by atoms with Gasteiger partial charge in [-0.3, -0.25) is 9.59 Å². The van der Waals surface area contributed by atoms with Crippen LogP contribution in [0.15, 0.2) is 65.9 Å². The van der Waals surface area contributed by atoms with Crippen LogP contribution in [-0.4, -0.2) is 44.5 Å². The average Bonchev–Trinajstić information content (AvgIpc) is 3.12. The minimum absolute atomic E-state index is 0.0304. The van der Waals surface area contributed by atoms with Crippen LogP contribution in [0.5, 0.6) is 0 Å². The van der Waals surface area contributed by atoms with Crippen LogP contribution >= 0.6 is 0 Å². The van der Waals surface area contributed by atoms with Gasteiger partial charge >= 0.3 is 5.97 Å². The number of fused-ring (bicyclic) bond motifs is 1. The second kappa shape index (κ2) is 9.19. The minimum atomic E-state index is -1.33. The van der Waals surface area contributed by atoms with Crippen molar-refractivity contribution in [2.75, 3.05) is 0 Å². The molecule has 1 aromatic carbocycles. The van der Waals surface area contributed by atoms with Crippen LogP contribution in [0.4, 0.5) is 0 Å². The number of aliphatic carboxylic acids is 1. The van der Waals surface area contributed by atoms with Crippen LogP contribution in [0, 0.1) is 5.41 Å². The zero-order chi connectivity index (χ0) is 24.4. The summed E-state index contributed by atoms with van der Waals surface area (Å²) >= 11 is 0. The highest BCUT2D eigenvalue weighted by Gasteiger charge is 2.46. The van der Waals surface area contributed by atoms with Gasteiger partial charge in [-0.2, -0.15) is 0 Å². The van der Waals surface area contributed by atoms with Crippen LogP contribution < -0.4 is 5.32 Å². The Morgan fingerprint density at radius 2 is 1.97 bits per heavy atom. The zero-order valence-corrected chi connectivity index (χ0v) is 19.3.